The van der Waals surface area contributed by atoms with Crippen LogP contribution in [0.1, 0.15) is 5.56 Å². The van der Waals surface area contributed by atoms with Crippen LogP contribution in [0.2, 0.25) is 0 Å². The van der Waals surface area contributed by atoms with Crippen molar-refractivity contribution < 1.29 is 14.6 Å². The Hall–Kier alpha value is -2.43. The molecule has 0 radical (unpaired) electrons. The van der Waals surface area contributed by atoms with E-state index in [1.165, 1.54) is 12.1 Å². The highest BCUT2D eigenvalue weighted by atomic mass is 19.1. The van der Waals surface area contributed by atoms with Gasteiger partial charge in [-0.25, -0.2) is 4.39 Å². The van der Waals surface area contributed by atoms with Crippen LogP contribution in [0, 0.1) is 12.7 Å². The zero-order valence-electron chi connectivity index (χ0n) is 9.89. The number of rotatable bonds is 0. The predicted molar refractivity (Wildman–Crippen MR) is 69.7 cm³/mol. The van der Waals surface area contributed by atoms with Crippen LogP contribution in [0.3, 0.4) is 0 Å². The van der Waals surface area contributed by atoms with Crippen molar-refractivity contribution in [2.24, 2.45) is 0 Å². The van der Waals surface area contributed by atoms with Gasteiger partial charge in [-0.05, 0) is 42.8 Å². The van der Waals surface area contributed by atoms with Crippen LogP contribution in [-0.4, -0.2) is 10.2 Å². The molecule has 4 nitrogen and oxygen atoms in total. The largest absolute Gasteiger partial charge is 0.508 e. The van der Waals surface area contributed by atoms with E-state index in [1.807, 2.05) is 6.92 Å². The van der Waals surface area contributed by atoms with Gasteiger partial charge in [0, 0.05) is 11.8 Å². The van der Waals surface area contributed by atoms with E-state index >= 15 is 0 Å². The number of nitrogens with two attached hydrogens (primary N) is 2. The van der Waals surface area contributed by atoms with Crippen LogP contribution < -0.4 is 11.5 Å². The molecule has 0 aromatic heterocycles. The highest BCUT2D eigenvalue weighted by Gasteiger charge is 1.95. The molecule has 6 N–H and O–H groups in total. The molecular weight excluding hydrogens is 235 g/mol. The van der Waals surface area contributed by atoms with Gasteiger partial charge in [0.25, 0.3) is 0 Å². The minimum absolute atomic E-state index is 0.0489. The lowest BCUT2D eigenvalue weighted by Crippen LogP contribution is -1.87. The normalized spacial score (nSPS) is 9.44. The quantitative estimate of drug-likeness (QED) is 0.426. The van der Waals surface area contributed by atoms with Gasteiger partial charge in [0.2, 0.25) is 0 Å². The number of aromatic hydroxyl groups is 2. The van der Waals surface area contributed by atoms with Crippen molar-refractivity contribution in [3.63, 3.8) is 0 Å². The van der Waals surface area contributed by atoms with Crippen molar-refractivity contribution >= 4 is 11.4 Å². The number of phenolic OH excluding ortho intramolecular Hbond substituents is 2. The summed E-state index contributed by atoms with van der Waals surface area (Å²) in [6.45, 7) is 1.86. The summed E-state index contributed by atoms with van der Waals surface area (Å²) in [7, 11) is 0. The maximum absolute atomic E-state index is 12.3. The van der Waals surface area contributed by atoms with Crippen molar-refractivity contribution in [2.75, 3.05) is 11.5 Å². The third kappa shape index (κ3) is 3.86. The second-order valence-corrected chi connectivity index (χ2v) is 3.75. The summed E-state index contributed by atoms with van der Waals surface area (Å²) < 4.78 is 12.3. The van der Waals surface area contributed by atoms with Gasteiger partial charge in [-0.1, -0.05) is 0 Å². The smallest absolute Gasteiger partial charge is 0.149 e. The van der Waals surface area contributed by atoms with Crippen molar-refractivity contribution in [1.29, 1.82) is 0 Å². The molecule has 0 heterocycles. The lowest BCUT2D eigenvalue weighted by atomic mass is 10.2. The van der Waals surface area contributed by atoms with Crippen LogP contribution in [0.4, 0.5) is 15.8 Å². The highest BCUT2D eigenvalue weighted by molar-refractivity contribution is 5.49. The number of hydrogen-bond donors (Lipinski definition) is 4. The van der Waals surface area contributed by atoms with E-state index in [1.54, 1.807) is 18.2 Å². The van der Waals surface area contributed by atoms with Crippen LogP contribution in [0.5, 0.6) is 11.5 Å². The zero-order valence-corrected chi connectivity index (χ0v) is 9.89. The second-order valence-electron chi connectivity index (χ2n) is 3.75. The van der Waals surface area contributed by atoms with Gasteiger partial charge in [-0.15, -0.1) is 0 Å². The van der Waals surface area contributed by atoms with Crippen molar-refractivity contribution in [3.05, 3.63) is 47.8 Å². The summed E-state index contributed by atoms with van der Waals surface area (Å²) in [5.74, 6) is -0.432. The molecule has 18 heavy (non-hydrogen) atoms. The summed E-state index contributed by atoms with van der Waals surface area (Å²) in [5, 5.41) is 17.5. The summed E-state index contributed by atoms with van der Waals surface area (Å²) in [4.78, 5) is 0. The van der Waals surface area contributed by atoms with Crippen LogP contribution in [-0.2, 0) is 0 Å². The first-order chi connectivity index (χ1) is 8.40. The van der Waals surface area contributed by atoms with Gasteiger partial charge in [0.05, 0.1) is 5.69 Å². The van der Waals surface area contributed by atoms with Crippen LogP contribution in [0.25, 0.3) is 0 Å². The average Bonchev–Trinajstić information content (AvgIpc) is 2.30. The van der Waals surface area contributed by atoms with Gasteiger partial charge >= 0.3 is 0 Å². The predicted octanol–water partition coefficient (Wildman–Crippen LogP) is 2.40. The molecule has 0 fully saturated rings. The van der Waals surface area contributed by atoms with Crippen molar-refractivity contribution in [3.8, 4) is 11.5 Å². The van der Waals surface area contributed by atoms with Crippen molar-refractivity contribution in [2.45, 2.75) is 6.92 Å². The molecular formula is C13H15FN2O2. The molecule has 2 aromatic rings. The van der Waals surface area contributed by atoms with Gasteiger partial charge in [-0.3, -0.25) is 0 Å². The number of hydrogen-bond acceptors (Lipinski definition) is 4. The number of phenols is 2. The molecule has 0 bridgehead atoms. The number of aryl methyl sites for hydroxylation is 1. The summed E-state index contributed by atoms with van der Waals surface area (Å²) in [6.07, 6.45) is 0. The number of nitrogen functional groups attached to an aromatic ring is 2. The van der Waals surface area contributed by atoms with Gasteiger partial charge < -0.3 is 21.7 Å². The van der Waals surface area contributed by atoms with E-state index in [0.717, 1.165) is 11.6 Å². The Morgan fingerprint density at radius 1 is 0.889 bits per heavy atom. The number of benzene rings is 2. The Kier molecular flexibility index (Phi) is 4.37. The Morgan fingerprint density at radius 2 is 1.39 bits per heavy atom. The monoisotopic (exact) mass is 250 g/mol. The Bertz CT molecular complexity index is 495. The molecule has 2 rings (SSSR count). The molecule has 0 amide bonds. The number of anilines is 2. The van der Waals surface area contributed by atoms with E-state index in [9.17, 15) is 4.39 Å². The zero-order chi connectivity index (χ0) is 13.7. The van der Waals surface area contributed by atoms with E-state index in [4.69, 9.17) is 21.7 Å². The molecule has 0 aliphatic heterocycles. The summed E-state index contributed by atoms with van der Waals surface area (Å²) >= 11 is 0. The lowest BCUT2D eigenvalue weighted by Gasteiger charge is -1.97. The average molecular weight is 250 g/mol. The molecule has 0 spiro atoms. The van der Waals surface area contributed by atoms with Crippen molar-refractivity contribution in [1.82, 2.24) is 0 Å². The third-order valence-corrected chi connectivity index (χ3v) is 2.24. The topological polar surface area (TPSA) is 92.5 Å². The maximum Gasteiger partial charge on any atom is 0.149 e. The van der Waals surface area contributed by atoms with Crippen LogP contribution in [0.15, 0.2) is 36.4 Å². The van der Waals surface area contributed by atoms with Gasteiger partial charge in [-0.2, -0.15) is 0 Å². The minimum atomic E-state index is -0.588. The molecule has 96 valence electrons. The molecule has 0 aliphatic rings. The summed E-state index contributed by atoms with van der Waals surface area (Å²) in [6, 6.07) is 8.50. The fraction of sp³-hybridized carbons (Fsp3) is 0.0769. The molecule has 0 aliphatic carbocycles. The fourth-order valence-corrected chi connectivity index (χ4v) is 1.18. The molecule has 2 aromatic carbocycles. The Labute approximate surface area is 104 Å². The van der Waals surface area contributed by atoms with Crippen LogP contribution >= 0.6 is 0 Å². The van der Waals surface area contributed by atoms with E-state index in [0.29, 0.717) is 5.69 Å². The Balaban J connectivity index is 0.000000180. The van der Waals surface area contributed by atoms with E-state index in [2.05, 4.69) is 0 Å². The SMILES string of the molecule is Cc1cc(O)ccc1N.Nc1ccc(O)cc1F. The first-order valence-corrected chi connectivity index (χ1v) is 5.19. The first-order valence-electron chi connectivity index (χ1n) is 5.19. The fourth-order valence-electron chi connectivity index (χ4n) is 1.18. The third-order valence-electron chi connectivity index (χ3n) is 2.24. The molecule has 0 unspecified atom stereocenters. The highest BCUT2D eigenvalue weighted by Crippen LogP contribution is 2.16. The van der Waals surface area contributed by atoms with E-state index < -0.39 is 5.82 Å². The first kappa shape index (κ1) is 13.6. The minimum Gasteiger partial charge on any atom is -0.508 e. The van der Waals surface area contributed by atoms with E-state index in [-0.39, 0.29) is 17.2 Å². The standard InChI is InChI=1S/C7H9NO.C6H6FNO/c1-5-4-6(9)2-3-7(5)8;7-5-3-4(9)1-2-6(5)8/h2-4,9H,8H2,1H3;1-3,9H,8H2. The molecule has 0 saturated heterocycles. The van der Waals surface area contributed by atoms with Gasteiger partial charge in [0.15, 0.2) is 0 Å². The maximum atomic E-state index is 12.3. The summed E-state index contributed by atoms with van der Waals surface area (Å²) in [5.41, 5.74) is 12.3. The molecule has 0 saturated carbocycles. The number of halogens is 1. The Morgan fingerprint density at radius 3 is 1.78 bits per heavy atom. The lowest BCUT2D eigenvalue weighted by molar-refractivity contribution is 0.469. The molecule has 5 heteroatoms. The second kappa shape index (κ2) is 5.77. The van der Waals surface area contributed by atoms with Gasteiger partial charge in [0.1, 0.15) is 17.3 Å². The molecule has 0 atom stereocenters.